The smallest absolute Gasteiger partial charge is 0.0158 e. The average Bonchev–Trinajstić information content (AvgIpc) is 2.59. The largest absolute Gasteiger partial charge is 0.305 e. The molecule has 2 heterocycles. The van der Waals surface area contributed by atoms with E-state index in [4.69, 9.17) is 0 Å². The van der Waals surface area contributed by atoms with E-state index in [0.29, 0.717) is 5.41 Å². The van der Waals surface area contributed by atoms with Gasteiger partial charge >= 0.3 is 0 Å². The fourth-order valence-electron chi connectivity index (χ4n) is 2.01. The summed E-state index contributed by atoms with van der Waals surface area (Å²) in [7, 11) is 2.21. The molecule has 2 rings (SSSR count). The van der Waals surface area contributed by atoms with Crippen molar-refractivity contribution in [1.82, 2.24) is 4.90 Å². The summed E-state index contributed by atoms with van der Waals surface area (Å²) < 4.78 is 0. The Balaban J connectivity index is 2.23. The molecular formula is C10H15NS. The summed E-state index contributed by atoms with van der Waals surface area (Å²) in [6, 6.07) is 4.42. The monoisotopic (exact) mass is 181 g/mol. The van der Waals surface area contributed by atoms with E-state index in [0.717, 1.165) is 0 Å². The number of nitrogens with zero attached hydrogens (tertiary/aromatic N) is 1. The molecule has 66 valence electrons. The van der Waals surface area contributed by atoms with Crippen molar-refractivity contribution >= 4 is 11.3 Å². The fraction of sp³-hybridized carbons (Fsp3) is 0.600. The minimum atomic E-state index is 0.433. The van der Waals surface area contributed by atoms with Gasteiger partial charge in [-0.1, -0.05) is 13.0 Å². The average molecular weight is 181 g/mol. The number of hydrogen-bond acceptors (Lipinski definition) is 2. The van der Waals surface area contributed by atoms with Crippen molar-refractivity contribution in [2.45, 2.75) is 18.8 Å². The summed E-state index contributed by atoms with van der Waals surface area (Å²) in [5.74, 6) is 0. The van der Waals surface area contributed by atoms with Gasteiger partial charge < -0.3 is 4.90 Å². The topological polar surface area (TPSA) is 3.24 Å². The SMILES string of the molecule is CN1CCC(C)(c2cccs2)C1. The molecule has 1 aromatic heterocycles. The van der Waals surface area contributed by atoms with Crippen LogP contribution < -0.4 is 0 Å². The first-order valence-corrected chi connectivity index (χ1v) is 5.31. The van der Waals surface area contributed by atoms with E-state index in [9.17, 15) is 0 Å². The lowest BCUT2D eigenvalue weighted by atomic mass is 9.88. The van der Waals surface area contributed by atoms with Crippen LogP contribution in [0, 0.1) is 0 Å². The summed E-state index contributed by atoms with van der Waals surface area (Å²) in [6.45, 7) is 4.84. The Bertz CT molecular complexity index is 255. The Morgan fingerprint density at radius 1 is 1.58 bits per heavy atom. The van der Waals surface area contributed by atoms with Crippen LogP contribution in [0.1, 0.15) is 18.2 Å². The molecule has 0 N–H and O–H groups in total. The predicted molar refractivity (Wildman–Crippen MR) is 53.8 cm³/mol. The Morgan fingerprint density at radius 2 is 2.42 bits per heavy atom. The van der Waals surface area contributed by atoms with E-state index < -0.39 is 0 Å². The van der Waals surface area contributed by atoms with Gasteiger partial charge in [-0.2, -0.15) is 0 Å². The van der Waals surface area contributed by atoms with Crippen LogP contribution in [0.15, 0.2) is 17.5 Å². The van der Waals surface area contributed by atoms with Crippen LogP contribution in [0.3, 0.4) is 0 Å². The molecule has 0 amide bonds. The molecule has 1 nitrogen and oxygen atoms in total. The molecule has 1 aliphatic heterocycles. The maximum Gasteiger partial charge on any atom is 0.0158 e. The lowest BCUT2D eigenvalue weighted by molar-refractivity contribution is 0.384. The van der Waals surface area contributed by atoms with Crippen molar-refractivity contribution in [2.75, 3.05) is 20.1 Å². The first-order valence-electron chi connectivity index (χ1n) is 4.43. The molecule has 1 unspecified atom stereocenters. The van der Waals surface area contributed by atoms with Gasteiger partial charge in [-0.3, -0.25) is 0 Å². The van der Waals surface area contributed by atoms with Gasteiger partial charge in [0.2, 0.25) is 0 Å². The third-order valence-corrected chi connectivity index (χ3v) is 3.96. The summed E-state index contributed by atoms with van der Waals surface area (Å²) in [6.07, 6.45) is 1.31. The highest BCUT2D eigenvalue weighted by Crippen LogP contribution is 2.35. The number of likely N-dealkylation sites (N-methyl/N-ethyl adjacent to an activating group) is 1. The normalized spacial score (nSPS) is 31.2. The molecule has 1 atom stereocenters. The molecule has 0 spiro atoms. The van der Waals surface area contributed by atoms with Gasteiger partial charge in [0.25, 0.3) is 0 Å². The summed E-state index contributed by atoms with van der Waals surface area (Å²) in [4.78, 5) is 3.96. The third-order valence-electron chi connectivity index (χ3n) is 2.78. The van der Waals surface area contributed by atoms with Crippen LogP contribution in [0.2, 0.25) is 0 Å². The van der Waals surface area contributed by atoms with Crippen LogP contribution in [0.25, 0.3) is 0 Å². The van der Waals surface area contributed by atoms with Crippen LogP contribution in [-0.2, 0) is 5.41 Å². The predicted octanol–water partition coefficient (Wildman–Crippen LogP) is 2.34. The van der Waals surface area contributed by atoms with Crippen LogP contribution in [0.5, 0.6) is 0 Å². The first kappa shape index (κ1) is 8.27. The van der Waals surface area contributed by atoms with Crippen molar-refractivity contribution in [3.05, 3.63) is 22.4 Å². The lowest BCUT2D eigenvalue weighted by Gasteiger charge is -2.21. The van der Waals surface area contributed by atoms with Gasteiger partial charge in [0.05, 0.1) is 0 Å². The summed E-state index contributed by atoms with van der Waals surface area (Å²) in [5.41, 5.74) is 0.433. The highest BCUT2D eigenvalue weighted by Gasteiger charge is 2.34. The van der Waals surface area contributed by atoms with Crippen molar-refractivity contribution in [3.8, 4) is 0 Å². The molecule has 1 aromatic rings. The zero-order chi connectivity index (χ0) is 8.60. The molecule has 1 saturated heterocycles. The zero-order valence-corrected chi connectivity index (χ0v) is 8.53. The van der Waals surface area contributed by atoms with E-state index >= 15 is 0 Å². The highest BCUT2D eigenvalue weighted by atomic mass is 32.1. The van der Waals surface area contributed by atoms with Crippen LogP contribution >= 0.6 is 11.3 Å². The molecule has 0 aromatic carbocycles. The van der Waals surface area contributed by atoms with Crippen LogP contribution in [-0.4, -0.2) is 25.0 Å². The van der Waals surface area contributed by atoms with Gasteiger partial charge in [0, 0.05) is 16.8 Å². The Labute approximate surface area is 78.0 Å². The minimum absolute atomic E-state index is 0.433. The number of thiophene rings is 1. The molecule has 1 aliphatic rings. The number of rotatable bonds is 1. The second-order valence-corrected chi connectivity index (χ2v) is 4.97. The van der Waals surface area contributed by atoms with Gasteiger partial charge in [0.15, 0.2) is 0 Å². The quantitative estimate of drug-likeness (QED) is 0.643. The van der Waals surface area contributed by atoms with Gasteiger partial charge in [-0.25, -0.2) is 0 Å². The standard InChI is InChI=1S/C10H15NS/c1-10(5-6-11(2)8-10)9-4-3-7-12-9/h3-4,7H,5-6,8H2,1-2H3. The van der Waals surface area contributed by atoms with Crippen LogP contribution in [0.4, 0.5) is 0 Å². The second-order valence-electron chi connectivity index (χ2n) is 4.03. The molecule has 2 heteroatoms. The number of hydrogen-bond donors (Lipinski definition) is 0. The molecule has 0 bridgehead atoms. The highest BCUT2D eigenvalue weighted by molar-refractivity contribution is 7.10. The Morgan fingerprint density at radius 3 is 2.92 bits per heavy atom. The summed E-state index contributed by atoms with van der Waals surface area (Å²) in [5, 5.41) is 2.18. The Kier molecular flexibility index (Phi) is 1.97. The van der Waals surface area contributed by atoms with E-state index in [1.165, 1.54) is 19.5 Å². The van der Waals surface area contributed by atoms with E-state index in [1.54, 1.807) is 4.88 Å². The van der Waals surface area contributed by atoms with E-state index in [1.807, 2.05) is 11.3 Å². The first-order chi connectivity index (χ1) is 5.71. The van der Waals surface area contributed by atoms with Crippen molar-refractivity contribution < 1.29 is 0 Å². The van der Waals surface area contributed by atoms with E-state index in [2.05, 4.69) is 36.4 Å². The second kappa shape index (κ2) is 2.86. The maximum absolute atomic E-state index is 2.42. The zero-order valence-electron chi connectivity index (χ0n) is 7.71. The third kappa shape index (κ3) is 1.29. The van der Waals surface area contributed by atoms with Gasteiger partial charge in [0.1, 0.15) is 0 Å². The Hall–Kier alpha value is -0.340. The maximum atomic E-state index is 2.42. The molecule has 0 aliphatic carbocycles. The number of likely N-dealkylation sites (tertiary alicyclic amines) is 1. The van der Waals surface area contributed by atoms with E-state index in [-0.39, 0.29) is 0 Å². The molecule has 0 saturated carbocycles. The minimum Gasteiger partial charge on any atom is -0.305 e. The van der Waals surface area contributed by atoms with Crippen molar-refractivity contribution in [3.63, 3.8) is 0 Å². The van der Waals surface area contributed by atoms with Gasteiger partial charge in [-0.15, -0.1) is 11.3 Å². The molecule has 1 fully saturated rings. The van der Waals surface area contributed by atoms with Crippen molar-refractivity contribution in [2.24, 2.45) is 0 Å². The molecule has 0 radical (unpaired) electrons. The fourth-order valence-corrected chi connectivity index (χ4v) is 2.93. The lowest BCUT2D eigenvalue weighted by Crippen LogP contribution is -2.24. The molecule has 12 heavy (non-hydrogen) atoms. The van der Waals surface area contributed by atoms with Crippen molar-refractivity contribution in [1.29, 1.82) is 0 Å². The van der Waals surface area contributed by atoms with Gasteiger partial charge in [-0.05, 0) is 31.5 Å². The summed E-state index contributed by atoms with van der Waals surface area (Å²) >= 11 is 1.89. The molecular weight excluding hydrogens is 166 g/mol.